The summed E-state index contributed by atoms with van der Waals surface area (Å²) in [6.07, 6.45) is 0. The Hall–Kier alpha value is -4.37. The highest BCUT2D eigenvalue weighted by molar-refractivity contribution is 5.80. The normalized spacial score (nSPS) is 11.7. The lowest BCUT2D eigenvalue weighted by Crippen LogP contribution is -2.04. The molecule has 0 saturated carbocycles. The highest BCUT2D eigenvalue weighted by atomic mass is 16.7. The molecular weight excluding hydrogens is 376 g/mol. The number of hydrogen-bond donors (Lipinski definition) is 1. The zero-order valence-electron chi connectivity index (χ0n) is 15.9. The largest absolute Gasteiger partial charge is 0.454 e. The summed E-state index contributed by atoms with van der Waals surface area (Å²) >= 11 is 0. The number of nitriles is 1. The number of fused-ring (bicyclic) bond motifs is 1. The Balaban J connectivity index is 1.70. The summed E-state index contributed by atoms with van der Waals surface area (Å²) in [7, 11) is 0. The molecule has 30 heavy (non-hydrogen) atoms. The van der Waals surface area contributed by atoms with Crippen molar-refractivity contribution in [2.75, 3.05) is 12.1 Å². The minimum Gasteiger partial charge on any atom is -0.454 e. The maximum absolute atomic E-state index is 9.99. The van der Waals surface area contributed by atoms with Crippen molar-refractivity contribution in [2.45, 2.75) is 0 Å². The first-order chi connectivity index (χ1) is 14.8. The lowest BCUT2D eigenvalue weighted by atomic mass is 10.0. The van der Waals surface area contributed by atoms with E-state index in [1.807, 2.05) is 78.9 Å². The molecule has 1 aliphatic heterocycles. The van der Waals surface area contributed by atoms with E-state index in [-0.39, 0.29) is 6.79 Å². The first-order valence-electron chi connectivity index (χ1n) is 9.41. The molecule has 0 amide bonds. The molecule has 1 aromatic heterocycles. The number of anilines is 2. The SMILES string of the molecule is N#Cc1c(-c2ccccc2)nc(Nc2ccccc2)nc1-c1ccc2c(c1)OCO2. The van der Waals surface area contributed by atoms with E-state index >= 15 is 0 Å². The predicted molar refractivity (Wildman–Crippen MR) is 113 cm³/mol. The van der Waals surface area contributed by atoms with Crippen LogP contribution in [0.15, 0.2) is 78.9 Å². The Morgan fingerprint density at radius 3 is 2.17 bits per heavy atom. The van der Waals surface area contributed by atoms with Crippen molar-refractivity contribution in [3.8, 4) is 40.1 Å². The molecule has 3 aromatic carbocycles. The Morgan fingerprint density at radius 1 is 0.767 bits per heavy atom. The third-order valence-electron chi connectivity index (χ3n) is 4.74. The van der Waals surface area contributed by atoms with E-state index in [4.69, 9.17) is 9.47 Å². The molecule has 0 unspecified atom stereocenters. The smallest absolute Gasteiger partial charge is 0.231 e. The van der Waals surface area contributed by atoms with Crippen LogP contribution in [0.2, 0.25) is 0 Å². The van der Waals surface area contributed by atoms with E-state index in [2.05, 4.69) is 21.4 Å². The van der Waals surface area contributed by atoms with Crippen molar-refractivity contribution >= 4 is 11.6 Å². The van der Waals surface area contributed by atoms with Crippen molar-refractivity contribution in [3.63, 3.8) is 0 Å². The number of ether oxygens (including phenoxy) is 2. The number of para-hydroxylation sites is 1. The van der Waals surface area contributed by atoms with Crippen LogP contribution < -0.4 is 14.8 Å². The summed E-state index contributed by atoms with van der Waals surface area (Å²) in [5, 5.41) is 13.2. The van der Waals surface area contributed by atoms with Crippen LogP contribution in [0.3, 0.4) is 0 Å². The zero-order chi connectivity index (χ0) is 20.3. The molecule has 6 heteroatoms. The minimum atomic E-state index is 0.184. The average Bonchev–Trinajstić information content (AvgIpc) is 3.28. The molecule has 144 valence electrons. The van der Waals surface area contributed by atoms with Gasteiger partial charge < -0.3 is 14.8 Å². The van der Waals surface area contributed by atoms with Crippen molar-refractivity contribution in [3.05, 3.63) is 84.4 Å². The van der Waals surface area contributed by atoms with Gasteiger partial charge in [0, 0.05) is 16.8 Å². The second kappa shape index (κ2) is 7.57. The fourth-order valence-corrected chi connectivity index (χ4v) is 3.33. The van der Waals surface area contributed by atoms with E-state index in [0.29, 0.717) is 34.4 Å². The molecule has 0 fully saturated rings. The van der Waals surface area contributed by atoms with Gasteiger partial charge in [0.15, 0.2) is 11.5 Å². The quantitative estimate of drug-likeness (QED) is 0.517. The summed E-state index contributed by atoms with van der Waals surface area (Å²) in [6, 6.07) is 27.1. The number of rotatable bonds is 4. The lowest BCUT2D eigenvalue weighted by molar-refractivity contribution is 0.174. The Bertz CT molecular complexity index is 1250. The number of aromatic nitrogens is 2. The number of hydrogen-bond acceptors (Lipinski definition) is 6. The van der Waals surface area contributed by atoms with Gasteiger partial charge in [-0.1, -0.05) is 48.5 Å². The summed E-state index contributed by atoms with van der Waals surface area (Å²) in [6.45, 7) is 0.184. The molecule has 0 spiro atoms. The summed E-state index contributed by atoms with van der Waals surface area (Å²) in [5.74, 6) is 1.72. The molecule has 6 nitrogen and oxygen atoms in total. The van der Waals surface area contributed by atoms with Crippen molar-refractivity contribution in [1.82, 2.24) is 9.97 Å². The van der Waals surface area contributed by atoms with Crippen LogP contribution in [-0.2, 0) is 0 Å². The van der Waals surface area contributed by atoms with Gasteiger partial charge in [0.05, 0.1) is 11.4 Å². The molecule has 1 aliphatic rings. The molecule has 0 radical (unpaired) electrons. The van der Waals surface area contributed by atoms with Gasteiger partial charge in [0.25, 0.3) is 0 Å². The fourth-order valence-electron chi connectivity index (χ4n) is 3.33. The maximum atomic E-state index is 9.99. The zero-order valence-corrected chi connectivity index (χ0v) is 15.9. The third-order valence-corrected chi connectivity index (χ3v) is 4.74. The van der Waals surface area contributed by atoms with Crippen LogP contribution in [0.5, 0.6) is 11.5 Å². The van der Waals surface area contributed by atoms with Crippen LogP contribution in [0.4, 0.5) is 11.6 Å². The molecule has 0 bridgehead atoms. The molecule has 0 aliphatic carbocycles. The standard InChI is InChI=1S/C24H16N4O2/c25-14-19-22(16-7-3-1-4-8-16)27-24(26-18-9-5-2-6-10-18)28-23(19)17-11-12-20-21(13-17)30-15-29-20/h1-13H,15H2,(H,26,27,28). The van der Waals surface area contributed by atoms with Gasteiger partial charge in [-0.15, -0.1) is 0 Å². The van der Waals surface area contributed by atoms with Crippen LogP contribution in [0, 0.1) is 11.3 Å². The lowest BCUT2D eigenvalue weighted by Gasteiger charge is -2.13. The first kappa shape index (κ1) is 17.7. The van der Waals surface area contributed by atoms with Gasteiger partial charge in [-0.3, -0.25) is 0 Å². The van der Waals surface area contributed by atoms with E-state index in [1.165, 1.54) is 0 Å². The number of nitrogens with zero attached hydrogens (tertiary/aromatic N) is 3. The van der Waals surface area contributed by atoms with Gasteiger partial charge >= 0.3 is 0 Å². The van der Waals surface area contributed by atoms with Gasteiger partial charge in [0.1, 0.15) is 11.6 Å². The van der Waals surface area contributed by atoms with Crippen molar-refractivity contribution < 1.29 is 9.47 Å². The maximum Gasteiger partial charge on any atom is 0.231 e. The Morgan fingerprint density at radius 2 is 1.43 bits per heavy atom. The first-order valence-corrected chi connectivity index (χ1v) is 9.41. The summed E-state index contributed by atoms with van der Waals surface area (Å²) in [5.41, 5.74) is 3.96. The Kier molecular flexibility index (Phi) is 4.47. The molecule has 2 heterocycles. The minimum absolute atomic E-state index is 0.184. The molecule has 0 saturated heterocycles. The van der Waals surface area contributed by atoms with Crippen molar-refractivity contribution in [2.24, 2.45) is 0 Å². The summed E-state index contributed by atoms with van der Waals surface area (Å²) in [4.78, 5) is 9.35. The monoisotopic (exact) mass is 392 g/mol. The average molecular weight is 392 g/mol. The third kappa shape index (κ3) is 3.29. The molecule has 1 N–H and O–H groups in total. The van der Waals surface area contributed by atoms with Crippen LogP contribution in [0.25, 0.3) is 22.5 Å². The van der Waals surface area contributed by atoms with Gasteiger partial charge in [-0.25, -0.2) is 9.97 Å². The highest BCUT2D eigenvalue weighted by Gasteiger charge is 2.20. The highest BCUT2D eigenvalue weighted by Crippen LogP contribution is 2.38. The Labute approximate surface area is 173 Å². The van der Waals surface area contributed by atoms with E-state index in [9.17, 15) is 5.26 Å². The van der Waals surface area contributed by atoms with Crippen LogP contribution in [0.1, 0.15) is 5.56 Å². The second-order valence-electron chi connectivity index (χ2n) is 6.66. The molecule has 4 aromatic rings. The second-order valence-corrected chi connectivity index (χ2v) is 6.66. The van der Waals surface area contributed by atoms with Crippen LogP contribution >= 0.6 is 0 Å². The fraction of sp³-hybridized carbons (Fsp3) is 0.0417. The predicted octanol–water partition coefficient (Wildman–Crippen LogP) is 5.15. The van der Waals surface area contributed by atoms with Crippen molar-refractivity contribution in [1.29, 1.82) is 5.26 Å². The van der Waals surface area contributed by atoms with Gasteiger partial charge in [-0.05, 0) is 30.3 Å². The van der Waals surface area contributed by atoms with Crippen LogP contribution in [-0.4, -0.2) is 16.8 Å². The van der Waals surface area contributed by atoms with Gasteiger partial charge in [0.2, 0.25) is 12.7 Å². The molecule has 5 rings (SSSR count). The van der Waals surface area contributed by atoms with E-state index in [0.717, 1.165) is 16.8 Å². The molecular formula is C24H16N4O2. The van der Waals surface area contributed by atoms with E-state index < -0.39 is 0 Å². The molecule has 0 atom stereocenters. The topological polar surface area (TPSA) is 80.1 Å². The van der Waals surface area contributed by atoms with E-state index in [1.54, 1.807) is 0 Å². The summed E-state index contributed by atoms with van der Waals surface area (Å²) < 4.78 is 10.9. The van der Waals surface area contributed by atoms with Gasteiger partial charge in [-0.2, -0.15) is 5.26 Å². The number of nitrogens with one attached hydrogen (secondary N) is 1. The number of benzene rings is 3.